The summed E-state index contributed by atoms with van der Waals surface area (Å²) in [6.45, 7) is 3.50. The average Bonchev–Trinajstić information content (AvgIpc) is 2.97. The number of sulfonamides is 1. The van der Waals surface area contributed by atoms with Crippen molar-refractivity contribution in [2.75, 3.05) is 45.6 Å². The van der Waals surface area contributed by atoms with E-state index in [1.165, 1.54) is 17.1 Å². The molecule has 0 radical (unpaired) electrons. The van der Waals surface area contributed by atoms with Gasteiger partial charge in [0.15, 0.2) is 0 Å². The van der Waals surface area contributed by atoms with Crippen molar-refractivity contribution in [3.8, 4) is 0 Å². The maximum atomic E-state index is 12.6. The third kappa shape index (κ3) is 3.31. The second kappa shape index (κ2) is 6.56. The highest BCUT2D eigenvalue weighted by Gasteiger charge is 2.24. The van der Waals surface area contributed by atoms with Crippen molar-refractivity contribution >= 4 is 15.7 Å². The standard InChI is InChI=1S/C14H23N3O2S/c1-15-13-7-3-4-8-14(13)20(18,19)16(2)11-12-17-9-5-6-10-17/h3-4,7-8,15H,5-6,9-12H2,1-2H3. The second-order valence-electron chi connectivity index (χ2n) is 5.12. The number of anilines is 1. The average molecular weight is 297 g/mol. The Kier molecular flexibility index (Phi) is 5.01. The monoisotopic (exact) mass is 297 g/mol. The van der Waals surface area contributed by atoms with Gasteiger partial charge in [-0.3, -0.25) is 0 Å². The Morgan fingerprint density at radius 3 is 2.55 bits per heavy atom. The zero-order valence-electron chi connectivity index (χ0n) is 12.2. The summed E-state index contributed by atoms with van der Waals surface area (Å²) >= 11 is 0. The number of likely N-dealkylation sites (tertiary alicyclic amines) is 1. The van der Waals surface area contributed by atoms with Crippen LogP contribution in [0.4, 0.5) is 5.69 Å². The number of benzene rings is 1. The summed E-state index contributed by atoms with van der Waals surface area (Å²) in [6.07, 6.45) is 2.44. The molecule has 1 heterocycles. The van der Waals surface area contributed by atoms with Crippen LogP contribution in [0.2, 0.25) is 0 Å². The second-order valence-corrected chi connectivity index (χ2v) is 7.13. The lowest BCUT2D eigenvalue weighted by Gasteiger charge is -2.22. The van der Waals surface area contributed by atoms with E-state index in [4.69, 9.17) is 0 Å². The fraction of sp³-hybridized carbons (Fsp3) is 0.571. The molecule has 1 aromatic rings. The molecule has 1 aliphatic heterocycles. The first-order valence-corrected chi connectivity index (χ1v) is 8.45. The molecule has 1 saturated heterocycles. The smallest absolute Gasteiger partial charge is 0.244 e. The summed E-state index contributed by atoms with van der Waals surface area (Å²) in [5.41, 5.74) is 0.639. The lowest BCUT2D eigenvalue weighted by atomic mass is 10.3. The SMILES string of the molecule is CNc1ccccc1S(=O)(=O)N(C)CCN1CCCC1. The summed E-state index contributed by atoms with van der Waals surface area (Å²) in [5.74, 6) is 0. The first-order valence-electron chi connectivity index (χ1n) is 7.01. The van der Waals surface area contributed by atoms with Gasteiger partial charge in [0.25, 0.3) is 0 Å². The minimum Gasteiger partial charge on any atom is -0.387 e. The van der Waals surface area contributed by atoms with Gasteiger partial charge in [-0.05, 0) is 38.1 Å². The van der Waals surface area contributed by atoms with Gasteiger partial charge in [-0.15, -0.1) is 0 Å². The van der Waals surface area contributed by atoms with Gasteiger partial charge in [0.05, 0.1) is 5.69 Å². The molecule has 1 N–H and O–H groups in total. The number of hydrogen-bond donors (Lipinski definition) is 1. The van der Waals surface area contributed by atoms with Crippen molar-refractivity contribution in [1.82, 2.24) is 9.21 Å². The summed E-state index contributed by atoms with van der Waals surface area (Å²) < 4.78 is 26.6. The summed E-state index contributed by atoms with van der Waals surface area (Å²) in [6, 6.07) is 7.01. The van der Waals surface area contributed by atoms with Gasteiger partial charge in [0.1, 0.15) is 4.90 Å². The quantitative estimate of drug-likeness (QED) is 0.863. The van der Waals surface area contributed by atoms with Crippen LogP contribution in [0.15, 0.2) is 29.2 Å². The summed E-state index contributed by atoms with van der Waals surface area (Å²) in [7, 11) is -0.0439. The van der Waals surface area contributed by atoms with Gasteiger partial charge in [0.2, 0.25) is 10.0 Å². The molecule has 0 spiro atoms. The molecule has 5 nitrogen and oxygen atoms in total. The summed E-state index contributed by atoms with van der Waals surface area (Å²) in [5, 5.41) is 2.94. The van der Waals surface area contributed by atoms with Gasteiger partial charge in [-0.1, -0.05) is 12.1 Å². The molecule has 20 heavy (non-hydrogen) atoms. The van der Waals surface area contributed by atoms with E-state index in [9.17, 15) is 8.42 Å². The zero-order valence-corrected chi connectivity index (χ0v) is 13.0. The van der Waals surface area contributed by atoms with E-state index >= 15 is 0 Å². The molecule has 6 heteroatoms. The fourth-order valence-corrected chi connectivity index (χ4v) is 3.83. The molecule has 0 atom stereocenters. The first-order chi connectivity index (χ1) is 9.55. The molecule has 0 saturated carbocycles. The Bertz CT molecular complexity index is 539. The van der Waals surface area contributed by atoms with Crippen LogP contribution in [0.3, 0.4) is 0 Å². The molecule has 0 aliphatic carbocycles. The van der Waals surface area contributed by atoms with Crippen LogP contribution in [0.25, 0.3) is 0 Å². The van der Waals surface area contributed by atoms with E-state index < -0.39 is 10.0 Å². The third-order valence-electron chi connectivity index (χ3n) is 3.77. The topological polar surface area (TPSA) is 52.7 Å². The molecule has 112 valence electrons. The number of likely N-dealkylation sites (N-methyl/N-ethyl adjacent to an activating group) is 1. The molecular weight excluding hydrogens is 274 g/mol. The van der Waals surface area contributed by atoms with Gasteiger partial charge >= 0.3 is 0 Å². The molecule has 0 bridgehead atoms. The van der Waals surface area contributed by atoms with E-state index in [2.05, 4.69) is 10.2 Å². The zero-order chi connectivity index (χ0) is 14.6. The lowest BCUT2D eigenvalue weighted by Crippen LogP contribution is -2.35. The minimum atomic E-state index is -3.43. The van der Waals surface area contributed by atoms with Crippen LogP contribution >= 0.6 is 0 Å². The fourth-order valence-electron chi connectivity index (χ4n) is 2.47. The molecule has 2 rings (SSSR count). The molecule has 1 fully saturated rings. The van der Waals surface area contributed by atoms with Crippen molar-refractivity contribution in [2.45, 2.75) is 17.7 Å². The van der Waals surface area contributed by atoms with E-state index in [-0.39, 0.29) is 0 Å². The maximum absolute atomic E-state index is 12.6. The van der Waals surface area contributed by atoms with Crippen molar-refractivity contribution < 1.29 is 8.42 Å². The van der Waals surface area contributed by atoms with Crippen LogP contribution in [0.1, 0.15) is 12.8 Å². The van der Waals surface area contributed by atoms with Crippen molar-refractivity contribution in [3.63, 3.8) is 0 Å². The number of rotatable bonds is 6. The highest BCUT2D eigenvalue weighted by Crippen LogP contribution is 2.23. The van der Waals surface area contributed by atoms with E-state index in [0.29, 0.717) is 17.1 Å². The van der Waals surface area contributed by atoms with Gasteiger partial charge in [-0.25, -0.2) is 8.42 Å². The van der Waals surface area contributed by atoms with E-state index in [0.717, 1.165) is 19.6 Å². The Balaban J connectivity index is 2.08. The molecule has 1 aromatic carbocycles. The summed E-state index contributed by atoms with van der Waals surface area (Å²) in [4.78, 5) is 2.65. The first kappa shape index (κ1) is 15.3. The highest BCUT2D eigenvalue weighted by molar-refractivity contribution is 7.89. The van der Waals surface area contributed by atoms with E-state index in [1.54, 1.807) is 32.3 Å². The number of hydrogen-bond acceptors (Lipinski definition) is 4. The molecular formula is C14H23N3O2S. The number of nitrogens with one attached hydrogen (secondary N) is 1. The van der Waals surface area contributed by atoms with Crippen LogP contribution < -0.4 is 5.32 Å². The Hall–Kier alpha value is -1.11. The van der Waals surface area contributed by atoms with Gasteiger partial charge < -0.3 is 10.2 Å². The van der Waals surface area contributed by atoms with Crippen molar-refractivity contribution in [2.24, 2.45) is 0 Å². The Labute approximate surface area is 121 Å². The van der Waals surface area contributed by atoms with Gasteiger partial charge in [0, 0.05) is 27.2 Å². The predicted octanol–water partition coefficient (Wildman–Crippen LogP) is 1.44. The number of nitrogens with zero attached hydrogens (tertiary/aromatic N) is 2. The van der Waals surface area contributed by atoms with Crippen LogP contribution in [0.5, 0.6) is 0 Å². The molecule has 0 aromatic heterocycles. The maximum Gasteiger partial charge on any atom is 0.244 e. The van der Waals surface area contributed by atoms with Crippen LogP contribution in [-0.2, 0) is 10.0 Å². The largest absolute Gasteiger partial charge is 0.387 e. The molecule has 1 aliphatic rings. The van der Waals surface area contributed by atoms with Gasteiger partial charge in [-0.2, -0.15) is 4.31 Å². The third-order valence-corrected chi connectivity index (χ3v) is 5.69. The van der Waals surface area contributed by atoms with Crippen molar-refractivity contribution in [1.29, 1.82) is 0 Å². The van der Waals surface area contributed by atoms with Crippen molar-refractivity contribution in [3.05, 3.63) is 24.3 Å². The normalized spacial score (nSPS) is 16.8. The van der Waals surface area contributed by atoms with Crippen LogP contribution in [0, 0.1) is 0 Å². The minimum absolute atomic E-state index is 0.339. The van der Waals surface area contributed by atoms with E-state index in [1.807, 2.05) is 6.07 Å². The lowest BCUT2D eigenvalue weighted by molar-refractivity contribution is 0.310. The molecule has 0 unspecified atom stereocenters. The predicted molar refractivity (Wildman–Crippen MR) is 81.5 cm³/mol. The van der Waals surface area contributed by atoms with Crippen LogP contribution in [-0.4, -0.2) is 57.9 Å². The Morgan fingerprint density at radius 2 is 1.90 bits per heavy atom. The Morgan fingerprint density at radius 1 is 1.25 bits per heavy atom. The highest BCUT2D eigenvalue weighted by atomic mass is 32.2. The number of para-hydroxylation sites is 1. The molecule has 0 amide bonds.